The van der Waals surface area contributed by atoms with Crippen LogP contribution in [0.3, 0.4) is 0 Å². The van der Waals surface area contributed by atoms with Crippen molar-refractivity contribution in [2.75, 3.05) is 5.01 Å². The van der Waals surface area contributed by atoms with Crippen molar-refractivity contribution in [3.05, 3.63) is 79.3 Å². The van der Waals surface area contributed by atoms with Crippen LogP contribution in [0.15, 0.2) is 68.2 Å². The van der Waals surface area contributed by atoms with Gasteiger partial charge in [0.25, 0.3) is 0 Å². The summed E-state index contributed by atoms with van der Waals surface area (Å²) in [7, 11) is 0. The van der Waals surface area contributed by atoms with Crippen molar-refractivity contribution in [3.8, 4) is 10.6 Å². The Balaban J connectivity index is 1.53. The lowest BCUT2D eigenvalue weighted by molar-refractivity contribution is 0.624. The van der Waals surface area contributed by atoms with E-state index in [0.29, 0.717) is 0 Å². The van der Waals surface area contributed by atoms with Crippen LogP contribution in [0.25, 0.3) is 10.6 Å². The number of nitrogens with zero attached hydrogens (tertiary/aromatic N) is 3. The van der Waals surface area contributed by atoms with Crippen LogP contribution in [0, 0.1) is 5.82 Å². The van der Waals surface area contributed by atoms with Crippen LogP contribution in [0.2, 0.25) is 0 Å². The first-order valence-corrected chi connectivity index (χ1v) is 11.9. The van der Waals surface area contributed by atoms with Gasteiger partial charge in [-0.15, -0.1) is 34.0 Å². The Bertz CT molecular complexity index is 1130. The fraction of sp³-hybridized carbons (Fsp3) is 0.100. The molecule has 1 aromatic carbocycles. The molecule has 1 unspecified atom stereocenters. The van der Waals surface area contributed by atoms with Gasteiger partial charge in [0, 0.05) is 11.8 Å². The average Bonchev–Trinajstić information content (AvgIpc) is 3.47. The topological polar surface area (TPSA) is 28.5 Å². The van der Waals surface area contributed by atoms with E-state index >= 15 is 0 Å². The van der Waals surface area contributed by atoms with E-state index in [-0.39, 0.29) is 11.9 Å². The third-order valence-corrected chi connectivity index (χ3v) is 7.88. The van der Waals surface area contributed by atoms with Gasteiger partial charge < -0.3 is 0 Å². The van der Waals surface area contributed by atoms with E-state index in [2.05, 4.69) is 38.8 Å². The third-order valence-electron chi connectivity index (χ3n) is 4.48. The maximum atomic E-state index is 13.4. The Morgan fingerprint density at radius 2 is 1.89 bits per heavy atom. The molecule has 3 nitrogen and oxygen atoms in total. The minimum absolute atomic E-state index is 0.00627. The van der Waals surface area contributed by atoms with Crippen LogP contribution in [0.1, 0.15) is 22.9 Å². The molecule has 3 aromatic heterocycles. The first kappa shape index (κ1) is 18.2. The van der Waals surface area contributed by atoms with E-state index in [1.807, 2.05) is 29.3 Å². The largest absolute Gasteiger partial charge is 0.231 e. The molecule has 8 heteroatoms. The van der Waals surface area contributed by atoms with Gasteiger partial charge in [-0.3, -0.25) is 0 Å². The molecular formula is C20H13BrFN3S3. The van der Waals surface area contributed by atoms with Crippen LogP contribution >= 0.6 is 49.9 Å². The van der Waals surface area contributed by atoms with Gasteiger partial charge in [0.05, 0.1) is 31.0 Å². The van der Waals surface area contributed by atoms with E-state index in [1.165, 1.54) is 12.1 Å². The number of anilines is 1. The molecule has 0 amide bonds. The second-order valence-corrected chi connectivity index (χ2v) is 10.5. The highest BCUT2D eigenvalue weighted by Crippen LogP contribution is 2.41. The van der Waals surface area contributed by atoms with E-state index < -0.39 is 0 Å². The van der Waals surface area contributed by atoms with Gasteiger partial charge in [0.15, 0.2) is 0 Å². The number of thiazole rings is 1. The molecule has 0 aliphatic carbocycles. The lowest BCUT2D eigenvalue weighted by atomic mass is 10.0. The van der Waals surface area contributed by atoms with Crippen molar-refractivity contribution in [1.82, 2.24) is 4.98 Å². The predicted octanol–water partition coefficient (Wildman–Crippen LogP) is 7.19. The van der Waals surface area contributed by atoms with Crippen LogP contribution in [0.4, 0.5) is 9.52 Å². The minimum Gasteiger partial charge on any atom is -0.231 e. The summed E-state index contributed by atoms with van der Waals surface area (Å²) in [6.45, 7) is 0. The maximum absolute atomic E-state index is 13.4. The Labute approximate surface area is 181 Å². The summed E-state index contributed by atoms with van der Waals surface area (Å²) >= 11 is 8.44. The first-order valence-electron chi connectivity index (χ1n) is 8.55. The number of halogens is 2. The lowest BCUT2D eigenvalue weighted by Gasteiger charge is -2.21. The Kier molecular flexibility index (Phi) is 4.88. The summed E-state index contributed by atoms with van der Waals surface area (Å²) in [4.78, 5) is 7.12. The highest BCUT2D eigenvalue weighted by molar-refractivity contribution is 9.11. The second-order valence-electron chi connectivity index (χ2n) is 6.26. The van der Waals surface area contributed by atoms with Crippen LogP contribution in [0.5, 0.6) is 0 Å². The highest BCUT2D eigenvalue weighted by Gasteiger charge is 2.32. The van der Waals surface area contributed by atoms with Gasteiger partial charge in [-0.2, -0.15) is 5.10 Å². The molecule has 0 spiro atoms. The molecule has 0 radical (unpaired) electrons. The van der Waals surface area contributed by atoms with Crippen molar-refractivity contribution in [3.63, 3.8) is 0 Å². The maximum Gasteiger partial charge on any atom is 0.207 e. The molecular weight excluding hydrogens is 477 g/mol. The molecule has 140 valence electrons. The molecule has 1 aliphatic rings. The Morgan fingerprint density at radius 1 is 1.04 bits per heavy atom. The quantitative estimate of drug-likeness (QED) is 0.303. The van der Waals surface area contributed by atoms with E-state index in [4.69, 9.17) is 10.1 Å². The molecule has 1 atom stereocenters. The molecule has 0 fully saturated rings. The number of aromatic nitrogens is 1. The van der Waals surface area contributed by atoms with Crippen LogP contribution in [-0.2, 0) is 0 Å². The zero-order chi connectivity index (χ0) is 19.1. The van der Waals surface area contributed by atoms with Gasteiger partial charge in [-0.05, 0) is 57.2 Å². The van der Waals surface area contributed by atoms with Gasteiger partial charge >= 0.3 is 0 Å². The van der Waals surface area contributed by atoms with Gasteiger partial charge in [0.2, 0.25) is 5.13 Å². The average molecular weight is 490 g/mol. The summed E-state index contributed by atoms with van der Waals surface area (Å²) in [5, 5.41) is 11.9. The van der Waals surface area contributed by atoms with Crippen molar-refractivity contribution >= 4 is 60.8 Å². The standard InChI is InChI=1S/C20H13BrFN3S3/c21-19-8-7-18(28-19)15-11-27-20(23-15)25-16(12-3-5-13(22)6-4-12)10-14(24-25)17-2-1-9-26-17/h1-9,11,16H,10H2. The lowest BCUT2D eigenvalue weighted by Crippen LogP contribution is -2.18. The molecule has 4 aromatic rings. The van der Waals surface area contributed by atoms with Gasteiger partial charge in [0.1, 0.15) is 5.82 Å². The fourth-order valence-electron chi connectivity index (χ4n) is 3.16. The molecule has 4 heterocycles. The van der Waals surface area contributed by atoms with Crippen LogP contribution < -0.4 is 5.01 Å². The van der Waals surface area contributed by atoms with E-state index in [1.54, 1.807) is 34.0 Å². The Hall–Kier alpha value is -1.87. The fourth-order valence-corrected chi connectivity index (χ4v) is 6.12. The summed E-state index contributed by atoms with van der Waals surface area (Å²) in [6.07, 6.45) is 0.769. The van der Waals surface area contributed by atoms with Gasteiger partial charge in [-0.1, -0.05) is 18.2 Å². The van der Waals surface area contributed by atoms with E-state index in [9.17, 15) is 4.39 Å². The van der Waals surface area contributed by atoms with E-state index in [0.717, 1.165) is 42.1 Å². The normalized spacial score (nSPS) is 16.6. The third kappa shape index (κ3) is 3.45. The number of thiophene rings is 2. The number of rotatable bonds is 4. The number of hydrazone groups is 1. The first-order chi connectivity index (χ1) is 13.7. The summed E-state index contributed by atoms with van der Waals surface area (Å²) < 4.78 is 14.5. The summed E-state index contributed by atoms with van der Waals surface area (Å²) in [6, 6.07) is 14.9. The molecule has 0 N–H and O–H groups in total. The number of hydrogen-bond acceptors (Lipinski definition) is 6. The summed E-state index contributed by atoms with van der Waals surface area (Å²) in [5.74, 6) is -0.229. The van der Waals surface area contributed by atoms with Crippen molar-refractivity contribution in [1.29, 1.82) is 0 Å². The van der Waals surface area contributed by atoms with Crippen molar-refractivity contribution < 1.29 is 4.39 Å². The summed E-state index contributed by atoms with van der Waals surface area (Å²) in [5.41, 5.74) is 3.03. The smallest absolute Gasteiger partial charge is 0.207 e. The van der Waals surface area contributed by atoms with Crippen molar-refractivity contribution in [2.45, 2.75) is 12.5 Å². The highest BCUT2D eigenvalue weighted by atomic mass is 79.9. The monoisotopic (exact) mass is 489 g/mol. The number of hydrogen-bond donors (Lipinski definition) is 0. The minimum atomic E-state index is -0.229. The zero-order valence-corrected chi connectivity index (χ0v) is 18.4. The Morgan fingerprint density at radius 3 is 2.61 bits per heavy atom. The zero-order valence-electron chi connectivity index (χ0n) is 14.4. The molecule has 0 bridgehead atoms. The van der Waals surface area contributed by atoms with Crippen molar-refractivity contribution in [2.24, 2.45) is 5.10 Å². The molecule has 28 heavy (non-hydrogen) atoms. The van der Waals surface area contributed by atoms with Crippen LogP contribution in [-0.4, -0.2) is 10.7 Å². The second kappa shape index (κ2) is 7.51. The molecule has 0 saturated carbocycles. The molecule has 5 rings (SSSR count). The van der Waals surface area contributed by atoms with Gasteiger partial charge in [-0.25, -0.2) is 14.4 Å². The molecule has 0 saturated heterocycles. The SMILES string of the molecule is Fc1ccc(C2CC(c3cccs3)=NN2c2nc(-c3ccc(Br)s3)cs2)cc1. The predicted molar refractivity (Wildman–Crippen MR) is 120 cm³/mol. The molecule has 1 aliphatic heterocycles. The number of benzene rings is 1.